The van der Waals surface area contributed by atoms with Crippen LogP contribution in [-0.2, 0) is 7.05 Å². The van der Waals surface area contributed by atoms with E-state index in [1.165, 1.54) is 0 Å². The second-order valence-electron chi connectivity index (χ2n) is 8.68. The molecule has 0 radical (unpaired) electrons. The van der Waals surface area contributed by atoms with Gasteiger partial charge < -0.3 is 15.1 Å². The van der Waals surface area contributed by atoms with Gasteiger partial charge in [0.15, 0.2) is 12.4 Å². The molecule has 1 aliphatic heterocycles. The lowest BCUT2D eigenvalue weighted by Crippen LogP contribution is -2.30. The van der Waals surface area contributed by atoms with Crippen LogP contribution in [0.15, 0.2) is 84.2 Å². The van der Waals surface area contributed by atoms with Gasteiger partial charge in [0.25, 0.3) is 5.91 Å². The number of allylic oxidation sites excluding steroid dienone is 2. The summed E-state index contributed by atoms with van der Waals surface area (Å²) >= 11 is 6.18. The zero-order chi connectivity index (χ0) is 30.0. The molecule has 2 aromatic rings. The van der Waals surface area contributed by atoms with Crippen molar-refractivity contribution in [3.63, 3.8) is 0 Å². The van der Waals surface area contributed by atoms with E-state index in [0.717, 1.165) is 35.7 Å². The molecule has 0 saturated carbocycles. The van der Waals surface area contributed by atoms with Gasteiger partial charge in [-0.25, -0.2) is 9.56 Å². The highest BCUT2D eigenvalue weighted by molar-refractivity contribution is 6.31. The molecule has 1 atom stereocenters. The van der Waals surface area contributed by atoms with E-state index in [4.69, 9.17) is 16.6 Å². The summed E-state index contributed by atoms with van der Waals surface area (Å²) in [7, 11) is 7.42. The Bertz CT molecular complexity index is 1120. The van der Waals surface area contributed by atoms with Crippen molar-refractivity contribution >= 4 is 34.7 Å². The summed E-state index contributed by atoms with van der Waals surface area (Å²) < 4.78 is 1.86. The van der Waals surface area contributed by atoms with Crippen molar-refractivity contribution < 1.29 is 9.36 Å². The molecule has 39 heavy (non-hydrogen) atoms. The van der Waals surface area contributed by atoms with Crippen LogP contribution in [-0.4, -0.2) is 55.3 Å². The Morgan fingerprint density at radius 3 is 2.38 bits per heavy atom. The summed E-state index contributed by atoms with van der Waals surface area (Å²) in [5, 5.41) is 4.13. The number of rotatable bonds is 3. The van der Waals surface area contributed by atoms with Crippen molar-refractivity contribution in [2.75, 3.05) is 33.0 Å². The number of nitrogens with zero attached hydrogens (tertiary/aromatic N) is 4. The van der Waals surface area contributed by atoms with Gasteiger partial charge in [-0.05, 0) is 37.6 Å². The van der Waals surface area contributed by atoms with E-state index < -0.39 is 0 Å². The molecule has 0 aliphatic carbocycles. The third-order valence-electron chi connectivity index (χ3n) is 5.18. The van der Waals surface area contributed by atoms with Crippen LogP contribution in [0, 0.1) is 0 Å². The molecule has 1 unspecified atom stereocenters. The molecule has 0 spiro atoms. The standard InChI is InChI=1S/C19H24ClN3.C9H13N2O.2C2H6/c1-5-12-23(4)19-14(2)8-6-7-9-15(3)21-17-11-10-16(20)13-18(17)22-19;1-10(2)9(12)8-5-4-6-11(3)7-8;2*1-2/h6-11,13,15,21H,2,5,12H2,1,3-4H3;4-7H,1-3H3;2*1-2H3/q;+1;;/b8-6-,9-7-,22-19?;;;. The fourth-order valence-corrected chi connectivity index (χ4v) is 3.59. The Kier molecular flexibility index (Phi) is 18.0. The molecule has 7 heteroatoms. The van der Waals surface area contributed by atoms with E-state index in [2.05, 4.69) is 36.7 Å². The third-order valence-corrected chi connectivity index (χ3v) is 5.41. The molecule has 1 amide bonds. The van der Waals surface area contributed by atoms with Gasteiger partial charge in [-0.1, -0.05) is 77.1 Å². The average molecular weight is 555 g/mol. The Morgan fingerprint density at radius 2 is 1.79 bits per heavy atom. The topological polar surface area (TPSA) is 51.8 Å². The van der Waals surface area contributed by atoms with Gasteiger partial charge in [-0.2, -0.15) is 0 Å². The van der Waals surface area contributed by atoms with Gasteiger partial charge in [0.2, 0.25) is 0 Å². The Hall–Kier alpha value is -3.38. The highest BCUT2D eigenvalue weighted by Crippen LogP contribution is 2.30. The van der Waals surface area contributed by atoms with Crippen LogP contribution in [0.25, 0.3) is 0 Å². The minimum atomic E-state index is 0.0335. The molecule has 0 saturated heterocycles. The van der Waals surface area contributed by atoms with E-state index >= 15 is 0 Å². The van der Waals surface area contributed by atoms with Gasteiger partial charge in [0, 0.05) is 50.4 Å². The molecule has 214 valence electrons. The fraction of sp³-hybridized carbons (Fsp3) is 0.406. The number of amides is 1. The second kappa shape index (κ2) is 19.7. The maximum absolute atomic E-state index is 11.4. The molecule has 0 fully saturated rings. The van der Waals surface area contributed by atoms with Gasteiger partial charge >= 0.3 is 0 Å². The summed E-state index contributed by atoms with van der Waals surface area (Å²) in [6, 6.07) is 9.59. The number of nitrogens with one attached hydrogen (secondary N) is 1. The number of halogens is 1. The first-order valence-corrected chi connectivity index (χ1v) is 14.1. The number of anilines is 1. The molecule has 3 rings (SSSR count). The van der Waals surface area contributed by atoms with E-state index in [0.29, 0.717) is 10.6 Å². The van der Waals surface area contributed by atoms with Crippen molar-refractivity contribution in [1.82, 2.24) is 9.80 Å². The highest BCUT2D eigenvalue weighted by atomic mass is 35.5. The normalized spacial score (nSPS) is 15.4. The quantitative estimate of drug-likeness (QED) is 0.401. The van der Waals surface area contributed by atoms with Crippen LogP contribution in [0.1, 0.15) is 58.3 Å². The van der Waals surface area contributed by atoms with Crippen molar-refractivity contribution in [1.29, 1.82) is 0 Å². The third kappa shape index (κ3) is 12.8. The molecular formula is C32H49ClN5O+. The number of aliphatic imine (C=N–C) groups is 1. The number of amidine groups is 1. The molecule has 1 aromatic heterocycles. The highest BCUT2D eigenvalue weighted by Gasteiger charge is 2.12. The van der Waals surface area contributed by atoms with Crippen LogP contribution in [0.5, 0.6) is 0 Å². The smallest absolute Gasteiger partial charge is 0.259 e. The number of fused-ring (bicyclic) bond motifs is 1. The molecule has 2 heterocycles. The van der Waals surface area contributed by atoms with Crippen LogP contribution < -0.4 is 9.88 Å². The van der Waals surface area contributed by atoms with Gasteiger partial charge in [-0.3, -0.25) is 4.79 Å². The molecule has 0 bridgehead atoms. The summed E-state index contributed by atoms with van der Waals surface area (Å²) in [4.78, 5) is 20.0. The number of benzene rings is 1. The van der Waals surface area contributed by atoms with E-state index in [1.54, 1.807) is 19.0 Å². The van der Waals surface area contributed by atoms with Crippen molar-refractivity contribution in [3.8, 4) is 0 Å². The Morgan fingerprint density at radius 1 is 1.13 bits per heavy atom. The van der Waals surface area contributed by atoms with Crippen molar-refractivity contribution in [3.05, 3.63) is 89.8 Å². The number of aromatic nitrogens is 1. The van der Waals surface area contributed by atoms with Gasteiger partial charge in [0.05, 0.1) is 11.4 Å². The number of aryl methyl sites for hydroxylation is 1. The van der Waals surface area contributed by atoms with Crippen LogP contribution in [0.2, 0.25) is 5.02 Å². The largest absolute Gasteiger partial charge is 0.377 e. The lowest BCUT2D eigenvalue weighted by molar-refractivity contribution is -0.671. The Balaban J connectivity index is 0.000000759. The fourth-order valence-electron chi connectivity index (χ4n) is 3.42. The number of hydrogen-bond donors (Lipinski definition) is 1. The number of carbonyl (C=O) groups excluding carboxylic acids is 1. The number of pyridine rings is 1. The van der Waals surface area contributed by atoms with E-state index in [1.807, 2.05) is 107 Å². The molecule has 1 aromatic carbocycles. The lowest BCUT2D eigenvalue weighted by atomic mass is 10.2. The number of hydrogen-bond acceptors (Lipinski definition) is 4. The molecule has 1 N–H and O–H groups in total. The van der Waals surface area contributed by atoms with E-state index in [9.17, 15) is 4.79 Å². The first-order valence-electron chi connectivity index (χ1n) is 13.7. The SMILES string of the molecule is C=C1/C=C\C=C/C(C)Nc2ccc(Cl)cc2N=C1N(C)CCC.CC.CC.CN(C)C(=O)c1ccc[n+](C)c1. The predicted molar refractivity (Wildman–Crippen MR) is 170 cm³/mol. The first-order chi connectivity index (χ1) is 18.6. The van der Waals surface area contributed by atoms with Gasteiger partial charge in [-0.15, -0.1) is 0 Å². The average Bonchev–Trinajstić information content (AvgIpc) is 2.95. The van der Waals surface area contributed by atoms with Gasteiger partial charge in [0.1, 0.15) is 18.4 Å². The zero-order valence-electron chi connectivity index (χ0n) is 25.6. The second-order valence-corrected chi connectivity index (χ2v) is 9.11. The summed E-state index contributed by atoms with van der Waals surface area (Å²) in [5.41, 5.74) is 3.38. The molecule has 6 nitrogen and oxygen atoms in total. The molecular weight excluding hydrogens is 506 g/mol. The molecule has 1 aliphatic rings. The summed E-state index contributed by atoms with van der Waals surface area (Å²) in [6.45, 7) is 17.3. The predicted octanol–water partition coefficient (Wildman–Crippen LogP) is 7.46. The maximum Gasteiger partial charge on any atom is 0.259 e. The lowest BCUT2D eigenvalue weighted by Gasteiger charge is -2.22. The minimum Gasteiger partial charge on any atom is -0.377 e. The monoisotopic (exact) mass is 554 g/mol. The summed E-state index contributed by atoms with van der Waals surface area (Å²) in [5.74, 6) is 0.891. The van der Waals surface area contributed by atoms with E-state index in [-0.39, 0.29) is 11.9 Å². The van der Waals surface area contributed by atoms with Crippen molar-refractivity contribution in [2.45, 2.75) is 54.0 Å². The van der Waals surface area contributed by atoms with Crippen molar-refractivity contribution in [2.24, 2.45) is 12.0 Å². The minimum absolute atomic E-state index is 0.0335. The maximum atomic E-state index is 11.4. The summed E-state index contributed by atoms with van der Waals surface area (Å²) in [6.07, 6.45) is 12.9. The van der Waals surface area contributed by atoms with Crippen LogP contribution in [0.4, 0.5) is 11.4 Å². The zero-order valence-corrected chi connectivity index (χ0v) is 26.4. The number of likely N-dealkylation sites (N-methyl/N-ethyl adjacent to an activating group) is 1. The Labute approximate surface area is 242 Å². The van der Waals surface area contributed by atoms with Crippen LogP contribution >= 0.6 is 11.6 Å². The number of carbonyl (C=O) groups is 1. The van der Waals surface area contributed by atoms with Crippen LogP contribution in [0.3, 0.4) is 0 Å². The first kappa shape index (κ1) is 35.6.